The van der Waals surface area contributed by atoms with Crippen molar-refractivity contribution in [2.45, 2.75) is 17.8 Å². The van der Waals surface area contributed by atoms with Gasteiger partial charge in [0.1, 0.15) is 11.6 Å². The smallest absolute Gasteiger partial charge is 0.406 e. The van der Waals surface area contributed by atoms with Crippen molar-refractivity contribution in [3.8, 4) is 5.75 Å². The third kappa shape index (κ3) is 5.08. The van der Waals surface area contributed by atoms with Crippen LogP contribution in [0.4, 0.5) is 17.6 Å². The van der Waals surface area contributed by atoms with Gasteiger partial charge in [0.2, 0.25) is 10.0 Å². The molecule has 4 nitrogen and oxygen atoms in total. The van der Waals surface area contributed by atoms with Crippen molar-refractivity contribution in [3.63, 3.8) is 0 Å². The van der Waals surface area contributed by atoms with Crippen LogP contribution in [0.2, 0.25) is 5.02 Å². The fraction of sp³-hybridized carbons (Fsp3) is 0.143. The van der Waals surface area contributed by atoms with Crippen LogP contribution in [0.15, 0.2) is 47.4 Å². The van der Waals surface area contributed by atoms with E-state index in [1.54, 1.807) is 0 Å². The molecular weight excluding hydrogens is 374 g/mol. The summed E-state index contributed by atoms with van der Waals surface area (Å²) in [5, 5.41) is -0.152. The molecule has 10 heteroatoms. The van der Waals surface area contributed by atoms with E-state index in [1.807, 2.05) is 0 Å². The van der Waals surface area contributed by atoms with Gasteiger partial charge in [-0.25, -0.2) is 17.5 Å². The molecule has 0 aromatic heterocycles. The highest BCUT2D eigenvalue weighted by Crippen LogP contribution is 2.24. The maximum Gasteiger partial charge on any atom is 0.573 e. The van der Waals surface area contributed by atoms with E-state index < -0.39 is 28.0 Å². The minimum absolute atomic E-state index is 0.152. The maximum absolute atomic E-state index is 13.0. The molecule has 0 amide bonds. The monoisotopic (exact) mass is 383 g/mol. The molecule has 0 aliphatic heterocycles. The van der Waals surface area contributed by atoms with Crippen molar-refractivity contribution in [2.24, 2.45) is 0 Å². The Kier molecular flexibility index (Phi) is 5.36. The zero-order valence-corrected chi connectivity index (χ0v) is 13.3. The summed E-state index contributed by atoms with van der Waals surface area (Å²) in [5.74, 6) is -1.17. The van der Waals surface area contributed by atoms with Gasteiger partial charge in [0.15, 0.2) is 0 Å². The molecule has 1 N–H and O–H groups in total. The van der Waals surface area contributed by atoms with E-state index in [2.05, 4.69) is 9.46 Å². The molecule has 0 aliphatic carbocycles. The van der Waals surface area contributed by atoms with Crippen molar-refractivity contribution >= 4 is 21.6 Å². The predicted octanol–water partition coefficient (Wildman–Crippen LogP) is 3.86. The Morgan fingerprint density at radius 2 is 1.71 bits per heavy atom. The Morgan fingerprint density at radius 1 is 1.08 bits per heavy atom. The van der Waals surface area contributed by atoms with Gasteiger partial charge in [-0.05, 0) is 42.0 Å². The fourth-order valence-corrected chi connectivity index (χ4v) is 2.95. The van der Waals surface area contributed by atoms with E-state index in [0.29, 0.717) is 5.56 Å². The molecule has 130 valence electrons. The largest absolute Gasteiger partial charge is 0.573 e. The molecule has 0 atom stereocenters. The Hall–Kier alpha value is -1.84. The average Bonchev–Trinajstić information content (AvgIpc) is 2.47. The zero-order chi connectivity index (χ0) is 18.0. The third-order valence-corrected chi connectivity index (χ3v) is 4.52. The lowest BCUT2D eigenvalue weighted by atomic mass is 10.2. The van der Waals surface area contributed by atoms with E-state index in [1.165, 1.54) is 12.1 Å². The summed E-state index contributed by atoms with van der Waals surface area (Å²) >= 11 is 5.59. The van der Waals surface area contributed by atoms with Crippen molar-refractivity contribution in [2.75, 3.05) is 0 Å². The molecule has 24 heavy (non-hydrogen) atoms. The molecule has 0 radical (unpaired) electrons. The van der Waals surface area contributed by atoms with Crippen LogP contribution in [-0.4, -0.2) is 14.8 Å². The van der Waals surface area contributed by atoms with E-state index in [4.69, 9.17) is 11.6 Å². The normalized spacial score (nSPS) is 12.2. The number of rotatable bonds is 5. The van der Waals surface area contributed by atoms with Crippen LogP contribution in [0.3, 0.4) is 0 Å². The highest BCUT2D eigenvalue weighted by atomic mass is 35.5. The van der Waals surface area contributed by atoms with Gasteiger partial charge >= 0.3 is 6.36 Å². The van der Waals surface area contributed by atoms with Crippen LogP contribution in [-0.2, 0) is 16.6 Å². The first kappa shape index (κ1) is 18.5. The predicted molar refractivity (Wildman–Crippen MR) is 78.6 cm³/mol. The van der Waals surface area contributed by atoms with Gasteiger partial charge < -0.3 is 4.74 Å². The summed E-state index contributed by atoms with van der Waals surface area (Å²) in [6.07, 6.45) is -4.86. The molecule has 2 aromatic rings. The van der Waals surface area contributed by atoms with Crippen molar-refractivity contribution in [1.29, 1.82) is 0 Å². The SMILES string of the molecule is O=S(=O)(NCc1ccc(F)c(Cl)c1)c1ccc(OC(F)(F)F)cc1. The van der Waals surface area contributed by atoms with Gasteiger partial charge in [-0.2, -0.15) is 0 Å². The van der Waals surface area contributed by atoms with Crippen LogP contribution < -0.4 is 9.46 Å². The lowest BCUT2D eigenvalue weighted by Gasteiger charge is -2.10. The summed E-state index contributed by atoms with van der Waals surface area (Å²) in [6, 6.07) is 7.43. The van der Waals surface area contributed by atoms with Crippen molar-refractivity contribution in [1.82, 2.24) is 4.72 Å². The highest BCUT2D eigenvalue weighted by molar-refractivity contribution is 7.89. The molecule has 0 spiro atoms. The van der Waals surface area contributed by atoms with Gasteiger partial charge in [0.05, 0.1) is 9.92 Å². The van der Waals surface area contributed by atoms with Crippen LogP contribution >= 0.6 is 11.6 Å². The summed E-state index contributed by atoms with van der Waals surface area (Å²) < 4.78 is 79.2. The molecule has 0 unspecified atom stereocenters. The Morgan fingerprint density at radius 3 is 2.25 bits per heavy atom. The Bertz CT molecular complexity index is 823. The van der Waals surface area contributed by atoms with Gasteiger partial charge in [0, 0.05) is 6.54 Å². The maximum atomic E-state index is 13.0. The van der Waals surface area contributed by atoms with Crippen molar-refractivity contribution < 1.29 is 30.7 Å². The Labute approximate surface area is 140 Å². The summed E-state index contributed by atoms with van der Waals surface area (Å²) in [6.45, 7) is -0.164. The van der Waals surface area contributed by atoms with Gasteiger partial charge in [-0.1, -0.05) is 17.7 Å². The van der Waals surface area contributed by atoms with Crippen LogP contribution in [0.5, 0.6) is 5.75 Å². The number of benzene rings is 2. The Balaban J connectivity index is 2.08. The first-order valence-corrected chi connectivity index (χ1v) is 8.22. The molecule has 2 rings (SSSR count). The number of halogens is 5. The zero-order valence-electron chi connectivity index (χ0n) is 11.8. The molecular formula is C14H10ClF4NO3S. The first-order chi connectivity index (χ1) is 11.1. The summed E-state index contributed by atoms with van der Waals surface area (Å²) in [5.41, 5.74) is 0.419. The first-order valence-electron chi connectivity index (χ1n) is 6.36. The number of sulfonamides is 1. The van der Waals surface area contributed by atoms with E-state index >= 15 is 0 Å². The molecule has 0 bridgehead atoms. The van der Waals surface area contributed by atoms with Gasteiger partial charge in [0.25, 0.3) is 0 Å². The topological polar surface area (TPSA) is 55.4 Å². The second-order valence-electron chi connectivity index (χ2n) is 4.59. The highest BCUT2D eigenvalue weighted by Gasteiger charge is 2.31. The molecule has 2 aromatic carbocycles. The standard InChI is InChI=1S/C14H10ClF4NO3S/c15-12-7-9(1-6-13(12)16)8-20-24(21,22)11-4-2-10(3-5-11)23-14(17,18)19/h1-7,20H,8H2. The quantitative estimate of drug-likeness (QED) is 0.798. The van der Waals surface area contributed by atoms with Crippen LogP contribution in [0.25, 0.3) is 0 Å². The van der Waals surface area contributed by atoms with Crippen LogP contribution in [0.1, 0.15) is 5.56 Å². The second-order valence-corrected chi connectivity index (χ2v) is 6.77. The minimum Gasteiger partial charge on any atom is -0.406 e. The molecule has 0 aliphatic rings. The van der Waals surface area contributed by atoms with Crippen molar-refractivity contribution in [3.05, 3.63) is 58.9 Å². The number of hydrogen-bond donors (Lipinski definition) is 1. The number of nitrogens with one attached hydrogen (secondary N) is 1. The fourth-order valence-electron chi connectivity index (χ4n) is 1.73. The summed E-state index contributed by atoms with van der Waals surface area (Å²) in [4.78, 5) is -0.245. The van der Waals surface area contributed by atoms with E-state index in [-0.39, 0.29) is 16.5 Å². The van der Waals surface area contributed by atoms with Gasteiger partial charge in [-0.15, -0.1) is 13.2 Å². The third-order valence-electron chi connectivity index (χ3n) is 2.82. The number of ether oxygens (including phenoxy) is 1. The molecule has 0 saturated carbocycles. The lowest BCUT2D eigenvalue weighted by Crippen LogP contribution is -2.23. The minimum atomic E-state index is -4.86. The lowest BCUT2D eigenvalue weighted by molar-refractivity contribution is -0.274. The molecule has 0 saturated heterocycles. The van der Waals surface area contributed by atoms with Gasteiger partial charge in [-0.3, -0.25) is 0 Å². The van der Waals surface area contributed by atoms with E-state index in [0.717, 1.165) is 30.3 Å². The second kappa shape index (κ2) is 6.96. The van der Waals surface area contributed by atoms with E-state index in [9.17, 15) is 26.0 Å². The number of alkyl halides is 3. The van der Waals surface area contributed by atoms with Crippen LogP contribution in [0, 0.1) is 5.82 Å². The number of hydrogen-bond acceptors (Lipinski definition) is 3. The summed E-state index contributed by atoms with van der Waals surface area (Å²) in [7, 11) is -3.97. The molecule has 0 fully saturated rings. The average molecular weight is 384 g/mol. The molecule has 0 heterocycles.